The molecule has 0 saturated heterocycles. The van der Waals surface area contributed by atoms with Crippen molar-refractivity contribution in [3.05, 3.63) is 186 Å². The maximum Gasteiger partial charge on any atom is 0.195 e. The van der Waals surface area contributed by atoms with Gasteiger partial charge in [-0.1, -0.05) is 127 Å². The largest absolute Gasteiger partial charge is 0.281 e. The van der Waals surface area contributed by atoms with Crippen molar-refractivity contribution in [3.8, 4) is 50.7 Å². The molecule has 5 heteroatoms. The summed E-state index contributed by atoms with van der Waals surface area (Å²) in [6.07, 6.45) is 0. The van der Waals surface area contributed by atoms with Gasteiger partial charge < -0.3 is 0 Å². The standard InChI is InChI=1S/C48H26N4S/c49-27-28-20-22-34-35-23-21-30(26-40(35)48(39(34)24-28)37-15-4-1-12-32(37)33-13-2-5-16-38(33)48)29-10-9-11-31(25-29)44-46-45(36-14-3-6-17-41(36)50-44)51-47-52(46)42-18-7-8-19-43(42)53-47/h1-26H. The summed E-state index contributed by atoms with van der Waals surface area (Å²) in [6, 6.07) is 58.8. The average Bonchev–Trinajstić information content (AvgIpc) is 3.94. The zero-order valence-corrected chi connectivity index (χ0v) is 29.0. The van der Waals surface area contributed by atoms with Gasteiger partial charge in [0.15, 0.2) is 4.96 Å². The minimum Gasteiger partial charge on any atom is -0.281 e. The molecule has 0 radical (unpaired) electrons. The SMILES string of the molecule is N#Cc1ccc2c(c1)C1(c3ccccc3-c3ccccc31)c1cc(-c3cccc(-c4nc5ccccc5c5nc6sc7ccccc7n6c45)c3)ccc1-2. The summed E-state index contributed by atoms with van der Waals surface area (Å²) in [5, 5.41) is 11.1. The Balaban J connectivity index is 1.11. The second-order valence-corrected chi connectivity index (χ2v) is 15.0. The van der Waals surface area contributed by atoms with E-state index in [0.29, 0.717) is 5.56 Å². The van der Waals surface area contributed by atoms with E-state index in [1.165, 1.54) is 49.2 Å². The Morgan fingerprint density at radius 2 is 1.21 bits per heavy atom. The van der Waals surface area contributed by atoms with Crippen LogP contribution in [0.1, 0.15) is 27.8 Å². The third kappa shape index (κ3) is 3.68. The lowest BCUT2D eigenvalue weighted by molar-refractivity contribution is 0.793. The summed E-state index contributed by atoms with van der Waals surface area (Å²) in [5.41, 5.74) is 18.3. The van der Waals surface area contributed by atoms with Crippen molar-refractivity contribution >= 4 is 48.5 Å². The van der Waals surface area contributed by atoms with Crippen LogP contribution in [-0.2, 0) is 5.41 Å². The average molecular weight is 691 g/mol. The molecule has 0 atom stereocenters. The molecule has 2 aliphatic rings. The van der Waals surface area contributed by atoms with Crippen LogP contribution in [0.5, 0.6) is 0 Å². The highest BCUT2D eigenvalue weighted by molar-refractivity contribution is 7.23. The lowest BCUT2D eigenvalue weighted by Gasteiger charge is -2.30. The first-order chi connectivity index (χ1) is 26.2. The van der Waals surface area contributed by atoms with Gasteiger partial charge in [-0.3, -0.25) is 4.40 Å². The van der Waals surface area contributed by atoms with Gasteiger partial charge in [-0.2, -0.15) is 5.26 Å². The van der Waals surface area contributed by atoms with Gasteiger partial charge in [0.25, 0.3) is 0 Å². The van der Waals surface area contributed by atoms with Gasteiger partial charge in [0.05, 0.1) is 38.5 Å². The van der Waals surface area contributed by atoms with Gasteiger partial charge in [-0.15, -0.1) is 0 Å². The number of thiazole rings is 1. The number of nitrogens with zero attached hydrogens (tertiary/aromatic N) is 4. The van der Waals surface area contributed by atoms with E-state index in [1.807, 2.05) is 12.1 Å². The summed E-state index contributed by atoms with van der Waals surface area (Å²) in [5.74, 6) is 0. The molecule has 244 valence electrons. The van der Waals surface area contributed by atoms with Gasteiger partial charge in [-0.25, -0.2) is 9.97 Å². The predicted octanol–water partition coefficient (Wildman–Crippen LogP) is 11.8. The van der Waals surface area contributed by atoms with E-state index >= 15 is 0 Å². The Labute approximate surface area is 308 Å². The molecule has 0 amide bonds. The minimum absolute atomic E-state index is 0.534. The predicted molar refractivity (Wildman–Crippen MR) is 215 cm³/mol. The van der Waals surface area contributed by atoms with Gasteiger partial charge in [0.1, 0.15) is 11.0 Å². The molecule has 7 aromatic carbocycles. The van der Waals surface area contributed by atoms with E-state index in [2.05, 4.69) is 156 Å². The highest BCUT2D eigenvalue weighted by atomic mass is 32.1. The molecule has 10 aromatic rings. The maximum atomic E-state index is 10.1. The number of hydrogen-bond acceptors (Lipinski definition) is 4. The fraction of sp³-hybridized carbons (Fsp3) is 0.0208. The Morgan fingerprint density at radius 1 is 0.547 bits per heavy atom. The zero-order chi connectivity index (χ0) is 34.8. The van der Waals surface area contributed by atoms with Crippen LogP contribution in [-0.4, -0.2) is 14.4 Å². The second-order valence-electron chi connectivity index (χ2n) is 14.0. The van der Waals surface area contributed by atoms with E-state index in [-0.39, 0.29) is 0 Å². The molecule has 0 fully saturated rings. The minimum atomic E-state index is -0.534. The smallest absolute Gasteiger partial charge is 0.195 e. The fourth-order valence-electron chi connectivity index (χ4n) is 9.30. The molecule has 0 saturated carbocycles. The topological polar surface area (TPSA) is 54.0 Å². The van der Waals surface area contributed by atoms with Gasteiger partial charge in [-0.05, 0) is 98.1 Å². The molecular weight excluding hydrogens is 665 g/mol. The van der Waals surface area contributed by atoms with Gasteiger partial charge in [0, 0.05) is 10.9 Å². The number of para-hydroxylation sites is 2. The van der Waals surface area contributed by atoms with E-state index in [1.54, 1.807) is 11.3 Å². The van der Waals surface area contributed by atoms with Crippen molar-refractivity contribution in [1.82, 2.24) is 14.4 Å². The highest BCUT2D eigenvalue weighted by Gasteiger charge is 2.51. The normalized spacial score (nSPS) is 13.4. The Morgan fingerprint density at radius 3 is 2.04 bits per heavy atom. The molecule has 0 bridgehead atoms. The number of pyridine rings is 1. The molecule has 0 unspecified atom stereocenters. The zero-order valence-electron chi connectivity index (χ0n) is 28.2. The summed E-state index contributed by atoms with van der Waals surface area (Å²) in [7, 11) is 0. The quantitative estimate of drug-likeness (QED) is 0.181. The molecule has 2 aliphatic carbocycles. The lowest BCUT2D eigenvalue weighted by Crippen LogP contribution is -2.26. The van der Waals surface area contributed by atoms with E-state index in [4.69, 9.17) is 9.97 Å². The first kappa shape index (κ1) is 28.8. The number of imidazole rings is 1. The van der Waals surface area contributed by atoms with Crippen molar-refractivity contribution in [2.24, 2.45) is 0 Å². The van der Waals surface area contributed by atoms with Crippen molar-refractivity contribution < 1.29 is 0 Å². The Kier molecular flexibility index (Phi) is 5.62. The van der Waals surface area contributed by atoms with Crippen LogP contribution in [0.15, 0.2) is 158 Å². The van der Waals surface area contributed by atoms with Crippen LogP contribution in [0, 0.1) is 11.3 Å². The molecule has 1 spiro atoms. The summed E-state index contributed by atoms with van der Waals surface area (Å²) in [6.45, 7) is 0. The number of benzene rings is 7. The third-order valence-electron chi connectivity index (χ3n) is 11.5. The first-order valence-electron chi connectivity index (χ1n) is 17.8. The number of rotatable bonds is 2. The van der Waals surface area contributed by atoms with Crippen LogP contribution in [0.2, 0.25) is 0 Å². The monoisotopic (exact) mass is 690 g/mol. The van der Waals surface area contributed by atoms with Crippen LogP contribution in [0.25, 0.3) is 81.8 Å². The molecule has 3 aromatic heterocycles. The molecule has 3 heterocycles. The van der Waals surface area contributed by atoms with E-state index in [0.717, 1.165) is 54.8 Å². The summed E-state index contributed by atoms with van der Waals surface area (Å²) in [4.78, 5) is 11.5. The summed E-state index contributed by atoms with van der Waals surface area (Å²) >= 11 is 1.71. The molecule has 0 aliphatic heterocycles. The van der Waals surface area contributed by atoms with Crippen molar-refractivity contribution in [3.63, 3.8) is 0 Å². The second kappa shape index (κ2) is 10.4. The van der Waals surface area contributed by atoms with E-state index < -0.39 is 5.41 Å². The van der Waals surface area contributed by atoms with Crippen molar-refractivity contribution in [1.29, 1.82) is 5.26 Å². The van der Waals surface area contributed by atoms with Crippen molar-refractivity contribution in [2.45, 2.75) is 5.41 Å². The molecule has 0 N–H and O–H groups in total. The van der Waals surface area contributed by atoms with Gasteiger partial charge >= 0.3 is 0 Å². The van der Waals surface area contributed by atoms with Crippen LogP contribution >= 0.6 is 11.3 Å². The summed E-state index contributed by atoms with van der Waals surface area (Å²) < 4.78 is 3.49. The number of fused-ring (bicyclic) bond motifs is 17. The number of nitriles is 1. The van der Waals surface area contributed by atoms with E-state index in [9.17, 15) is 5.26 Å². The lowest BCUT2D eigenvalue weighted by atomic mass is 9.70. The molecule has 12 rings (SSSR count). The molecular formula is C48H26N4S. The van der Waals surface area contributed by atoms with Crippen LogP contribution in [0.4, 0.5) is 0 Å². The third-order valence-corrected chi connectivity index (χ3v) is 12.5. The molecule has 4 nitrogen and oxygen atoms in total. The Bertz CT molecular complexity index is 3220. The molecule has 53 heavy (non-hydrogen) atoms. The Hall–Kier alpha value is -6.87. The first-order valence-corrected chi connectivity index (χ1v) is 18.6. The maximum absolute atomic E-state index is 10.1. The van der Waals surface area contributed by atoms with Crippen molar-refractivity contribution in [2.75, 3.05) is 0 Å². The number of aromatic nitrogens is 3. The number of hydrogen-bond donors (Lipinski definition) is 0. The van der Waals surface area contributed by atoms with Crippen LogP contribution < -0.4 is 0 Å². The fourth-order valence-corrected chi connectivity index (χ4v) is 10.3. The van der Waals surface area contributed by atoms with Gasteiger partial charge in [0.2, 0.25) is 0 Å². The van der Waals surface area contributed by atoms with Crippen LogP contribution in [0.3, 0.4) is 0 Å². The highest BCUT2D eigenvalue weighted by Crippen LogP contribution is 2.63.